The molecule has 2 aromatic rings. The van der Waals surface area contributed by atoms with Crippen molar-refractivity contribution in [2.24, 2.45) is 0 Å². The molecule has 100 valence electrons. The largest absolute Gasteiger partial charge is 0.439 e. The number of rotatable bonds is 4. The van der Waals surface area contributed by atoms with Crippen LogP contribution < -0.4 is 4.74 Å². The van der Waals surface area contributed by atoms with Crippen molar-refractivity contribution >= 4 is 23.2 Å². The van der Waals surface area contributed by atoms with E-state index in [4.69, 9.17) is 27.9 Å². The van der Waals surface area contributed by atoms with Crippen LogP contribution in [0.2, 0.25) is 10.2 Å². The summed E-state index contributed by atoms with van der Waals surface area (Å²) in [6.07, 6.45) is 1.73. The Hall–Kier alpha value is -1.32. The van der Waals surface area contributed by atoms with Crippen molar-refractivity contribution in [3.63, 3.8) is 0 Å². The highest BCUT2D eigenvalue weighted by molar-refractivity contribution is 6.30. The average molecular weight is 297 g/mol. The van der Waals surface area contributed by atoms with E-state index in [1.165, 1.54) is 0 Å². The van der Waals surface area contributed by atoms with Crippen LogP contribution in [0.3, 0.4) is 0 Å². The lowest BCUT2D eigenvalue weighted by Crippen LogP contribution is -2.00. The number of ether oxygens (including phenoxy) is 1. The number of hydrogen-bond acceptors (Lipinski definition) is 3. The molecule has 0 spiro atoms. The summed E-state index contributed by atoms with van der Waals surface area (Å²) < 4.78 is 5.74. The molecule has 0 N–H and O–H groups in total. The van der Waals surface area contributed by atoms with Crippen LogP contribution >= 0.6 is 23.2 Å². The van der Waals surface area contributed by atoms with Crippen LogP contribution in [0.4, 0.5) is 0 Å². The van der Waals surface area contributed by atoms with Gasteiger partial charge in [-0.2, -0.15) is 4.98 Å². The smallest absolute Gasteiger partial charge is 0.226 e. The van der Waals surface area contributed by atoms with Gasteiger partial charge in [0.15, 0.2) is 0 Å². The molecule has 2 rings (SSSR count). The van der Waals surface area contributed by atoms with Crippen LogP contribution in [0.25, 0.3) is 0 Å². The van der Waals surface area contributed by atoms with E-state index in [0.29, 0.717) is 27.6 Å². The summed E-state index contributed by atoms with van der Waals surface area (Å²) in [4.78, 5) is 8.62. The molecule has 0 aliphatic heterocycles. The number of aryl methyl sites for hydroxylation is 1. The van der Waals surface area contributed by atoms with Crippen molar-refractivity contribution in [3.05, 3.63) is 45.8 Å². The Morgan fingerprint density at radius 2 is 1.79 bits per heavy atom. The standard InChI is InChI=1S/C14H14Cl2N2O/c1-3-4-12-17-13(16)9(2)14(18-12)19-11-7-5-10(15)6-8-11/h5-8H,3-4H2,1-2H3. The van der Waals surface area contributed by atoms with Gasteiger partial charge in [0, 0.05) is 17.0 Å². The highest BCUT2D eigenvalue weighted by atomic mass is 35.5. The SMILES string of the molecule is CCCc1nc(Cl)c(C)c(Oc2ccc(Cl)cc2)n1. The summed E-state index contributed by atoms with van der Waals surface area (Å²) in [7, 11) is 0. The van der Waals surface area contributed by atoms with Crippen molar-refractivity contribution < 1.29 is 4.74 Å². The van der Waals surface area contributed by atoms with Crippen molar-refractivity contribution in [1.29, 1.82) is 0 Å². The van der Waals surface area contributed by atoms with Crippen molar-refractivity contribution in [2.45, 2.75) is 26.7 Å². The van der Waals surface area contributed by atoms with Gasteiger partial charge in [0.25, 0.3) is 0 Å². The van der Waals surface area contributed by atoms with Gasteiger partial charge in [-0.3, -0.25) is 0 Å². The molecule has 1 heterocycles. The predicted molar refractivity (Wildman–Crippen MR) is 77.3 cm³/mol. The molecular formula is C14H14Cl2N2O. The molecule has 0 radical (unpaired) electrons. The van der Waals surface area contributed by atoms with E-state index in [2.05, 4.69) is 16.9 Å². The van der Waals surface area contributed by atoms with Crippen LogP contribution in [0.5, 0.6) is 11.6 Å². The average Bonchev–Trinajstić information content (AvgIpc) is 2.38. The second-order valence-corrected chi connectivity index (χ2v) is 4.96. The predicted octanol–water partition coefficient (Wildman–Crippen LogP) is 4.84. The molecule has 1 aromatic carbocycles. The molecule has 0 saturated carbocycles. The Kier molecular flexibility index (Phi) is 4.61. The molecule has 0 fully saturated rings. The third-order valence-electron chi connectivity index (χ3n) is 2.59. The van der Waals surface area contributed by atoms with E-state index >= 15 is 0 Å². The van der Waals surface area contributed by atoms with E-state index in [1.54, 1.807) is 24.3 Å². The maximum atomic E-state index is 6.09. The highest BCUT2D eigenvalue weighted by Gasteiger charge is 2.11. The maximum Gasteiger partial charge on any atom is 0.226 e. The summed E-state index contributed by atoms with van der Waals surface area (Å²) in [5.41, 5.74) is 0.733. The van der Waals surface area contributed by atoms with Gasteiger partial charge in [-0.05, 0) is 37.6 Å². The summed E-state index contributed by atoms with van der Waals surface area (Å²) >= 11 is 11.9. The number of aromatic nitrogens is 2. The normalized spacial score (nSPS) is 10.5. The fourth-order valence-electron chi connectivity index (χ4n) is 1.56. The Morgan fingerprint density at radius 3 is 2.42 bits per heavy atom. The number of benzene rings is 1. The van der Waals surface area contributed by atoms with Crippen LogP contribution in [0.15, 0.2) is 24.3 Å². The van der Waals surface area contributed by atoms with Gasteiger partial charge < -0.3 is 4.74 Å². The third kappa shape index (κ3) is 3.58. The van der Waals surface area contributed by atoms with Crippen LogP contribution in [0, 0.1) is 6.92 Å². The van der Waals surface area contributed by atoms with Crippen LogP contribution in [-0.4, -0.2) is 9.97 Å². The van der Waals surface area contributed by atoms with E-state index in [0.717, 1.165) is 18.4 Å². The fourth-order valence-corrected chi connectivity index (χ4v) is 1.86. The van der Waals surface area contributed by atoms with Gasteiger partial charge in [0.1, 0.15) is 16.7 Å². The zero-order valence-corrected chi connectivity index (χ0v) is 12.3. The molecule has 0 amide bonds. The molecule has 5 heteroatoms. The zero-order valence-electron chi connectivity index (χ0n) is 10.8. The van der Waals surface area contributed by atoms with Crippen molar-refractivity contribution in [2.75, 3.05) is 0 Å². The second-order valence-electron chi connectivity index (χ2n) is 4.17. The lowest BCUT2D eigenvalue weighted by Gasteiger charge is -2.10. The van der Waals surface area contributed by atoms with E-state index in [9.17, 15) is 0 Å². The van der Waals surface area contributed by atoms with Gasteiger partial charge in [0.2, 0.25) is 5.88 Å². The molecule has 1 aromatic heterocycles. The minimum atomic E-state index is 0.433. The molecule has 0 bridgehead atoms. The molecular weight excluding hydrogens is 283 g/mol. The quantitative estimate of drug-likeness (QED) is 0.758. The minimum absolute atomic E-state index is 0.433. The lowest BCUT2D eigenvalue weighted by molar-refractivity contribution is 0.454. The number of nitrogens with zero attached hydrogens (tertiary/aromatic N) is 2. The number of hydrogen-bond donors (Lipinski definition) is 0. The first-order chi connectivity index (χ1) is 9.10. The van der Waals surface area contributed by atoms with Gasteiger partial charge >= 0.3 is 0 Å². The van der Waals surface area contributed by atoms with Crippen LogP contribution in [0.1, 0.15) is 24.7 Å². The summed E-state index contributed by atoms with van der Waals surface area (Å²) in [6.45, 7) is 3.90. The first-order valence-corrected chi connectivity index (χ1v) is 6.82. The van der Waals surface area contributed by atoms with Gasteiger partial charge in [0.05, 0.1) is 0 Å². The summed E-state index contributed by atoms with van der Waals surface area (Å²) in [6, 6.07) is 7.11. The lowest BCUT2D eigenvalue weighted by atomic mass is 10.3. The van der Waals surface area contributed by atoms with E-state index in [-0.39, 0.29) is 0 Å². The summed E-state index contributed by atoms with van der Waals surface area (Å²) in [5, 5.41) is 1.10. The van der Waals surface area contributed by atoms with Crippen molar-refractivity contribution in [3.8, 4) is 11.6 Å². The van der Waals surface area contributed by atoms with E-state index in [1.807, 2.05) is 6.92 Å². The van der Waals surface area contributed by atoms with Gasteiger partial charge in [-0.25, -0.2) is 4.98 Å². The molecule has 3 nitrogen and oxygen atoms in total. The van der Waals surface area contributed by atoms with Crippen LogP contribution in [-0.2, 0) is 6.42 Å². The Bertz CT molecular complexity index is 570. The summed E-state index contributed by atoms with van der Waals surface area (Å²) in [5.74, 6) is 1.86. The molecule has 0 saturated heterocycles. The fraction of sp³-hybridized carbons (Fsp3) is 0.286. The van der Waals surface area contributed by atoms with E-state index < -0.39 is 0 Å². The molecule has 0 unspecified atom stereocenters. The molecule has 0 aliphatic rings. The highest BCUT2D eigenvalue weighted by Crippen LogP contribution is 2.27. The first-order valence-electron chi connectivity index (χ1n) is 6.06. The molecule has 0 atom stereocenters. The minimum Gasteiger partial charge on any atom is -0.439 e. The Morgan fingerprint density at radius 1 is 1.11 bits per heavy atom. The van der Waals surface area contributed by atoms with Gasteiger partial charge in [-0.1, -0.05) is 30.1 Å². The third-order valence-corrected chi connectivity index (χ3v) is 3.21. The van der Waals surface area contributed by atoms with Crippen molar-refractivity contribution in [1.82, 2.24) is 9.97 Å². The number of halogens is 2. The first kappa shape index (κ1) is 14.1. The monoisotopic (exact) mass is 296 g/mol. The molecule has 0 aliphatic carbocycles. The van der Waals surface area contributed by atoms with Gasteiger partial charge in [-0.15, -0.1) is 0 Å². The molecule has 19 heavy (non-hydrogen) atoms. The second kappa shape index (κ2) is 6.22. The Balaban J connectivity index is 2.30. The topological polar surface area (TPSA) is 35.0 Å². The zero-order chi connectivity index (χ0) is 13.8. The Labute approximate surface area is 122 Å². The maximum absolute atomic E-state index is 6.09.